The van der Waals surface area contributed by atoms with Gasteiger partial charge in [-0.2, -0.15) is 0 Å². The second kappa shape index (κ2) is 10.3. The number of hydrogen-bond donors (Lipinski definition) is 1. The highest BCUT2D eigenvalue weighted by atomic mass is 16.6. The molecular weight excluding hydrogens is 506 g/mol. The summed E-state index contributed by atoms with van der Waals surface area (Å²) in [5.41, 5.74) is 0.142. The smallest absolute Gasteiger partial charge is 0.346 e. The van der Waals surface area contributed by atoms with Gasteiger partial charge in [0, 0.05) is 37.4 Å². The lowest BCUT2D eigenvalue weighted by Crippen LogP contribution is -2.61. The Kier molecular flexibility index (Phi) is 6.90. The molecule has 2 aliphatic rings. The molecule has 2 amide bonds. The number of rotatable bonds is 6. The number of ether oxygens (including phenoxy) is 5. The number of nitrogens with zero attached hydrogens (tertiary/aromatic N) is 2. The average molecular weight is 536 g/mol. The van der Waals surface area contributed by atoms with Gasteiger partial charge in [0.1, 0.15) is 34.2 Å². The number of carbonyl (C=O) groups is 3. The summed E-state index contributed by atoms with van der Waals surface area (Å²) in [5, 5.41) is 3.71. The van der Waals surface area contributed by atoms with Gasteiger partial charge in [-0.1, -0.05) is 6.07 Å². The Balaban J connectivity index is 1.31. The Morgan fingerprint density at radius 1 is 1.05 bits per heavy atom. The van der Waals surface area contributed by atoms with Gasteiger partial charge >= 0.3 is 5.97 Å². The highest BCUT2D eigenvalue weighted by molar-refractivity contribution is 6.00. The molecule has 3 heterocycles. The first-order valence-electron chi connectivity index (χ1n) is 12.5. The normalized spacial score (nSPS) is 16.5. The molecule has 11 nitrogen and oxygen atoms in total. The zero-order valence-corrected chi connectivity index (χ0v) is 22.1. The van der Waals surface area contributed by atoms with E-state index in [1.54, 1.807) is 50.3 Å². The highest BCUT2D eigenvalue weighted by Gasteiger charge is 2.43. The first-order chi connectivity index (χ1) is 18.8. The number of hydrogen-bond acceptors (Lipinski definition) is 9. The summed E-state index contributed by atoms with van der Waals surface area (Å²) >= 11 is 0. The quantitative estimate of drug-likeness (QED) is 0.474. The molecule has 1 fully saturated rings. The van der Waals surface area contributed by atoms with E-state index in [9.17, 15) is 14.4 Å². The van der Waals surface area contributed by atoms with Crippen molar-refractivity contribution in [2.24, 2.45) is 0 Å². The number of pyridine rings is 1. The maximum atomic E-state index is 13.4. The largest absolute Gasteiger partial charge is 0.496 e. The van der Waals surface area contributed by atoms with E-state index in [0.717, 1.165) is 5.39 Å². The van der Waals surface area contributed by atoms with Crippen molar-refractivity contribution < 1.29 is 38.1 Å². The van der Waals surface area contributed by atoms with E-state index < -0.39 is 17.8 Å². The van der Waals surface area contributed by atoms with Crippen molar-refractivity contribution in [2.45, 2.75) is 31.6 Å². The van der Waals surface area contributed by atoms with Gasteiger partial charge in [-0.05, 0) is 37.3 Å². The number of benzene rings is 2. The van der Waals surface area contributed by atoms with Crippen LogP contribution in [0.2, 0.25) is 0 Å². The maximum absolute atomic E-state index is 13.4. The molecule has 0 aliphatic carbocycles. The van der Waals surface area contributed by atoms with Crippen LogP contribution in [-0.4, -0.2) is 73.9 Å². The van der Waals surface area contributed by atoms with E-state index in [1.165, 1.54) is 13.2 Å². The molecule has 2 aromatic carbocycles. The van der Waals surface area contributed by atoms with E-state index in [0.29, 0.717) is 60.0 Å². The summed E-state index contributed by atoms with van der Waals surface area (Å²) in [4.78, 5) is 44.4. The number of methoxy groups -OCH3 is 3. The number of likely N-dealkylation sites (tertiary alicyclic amines) is 1. The van der Waals surface area contributed by atoms with Gasteiger partial charge in [-0.25, -0.2) is 9.78 Å². The zero-order valence-electron chi connectivity index (χ0n) is 22.1. The SMILES string of the molecule is COC(=O)C(C)Oc1ccc2c(c1)C(=O)NC1(CCN(C(=O)c3cc(OC)c4cccc(OC)c4n3)CC1)O2. The molecule has 0 bridgehead atoms. The summed E-state index contributed by atoms with van der Waals surface area (Å²) in [6.07, 6.45) is -0.0579. The van der Waals surface area contributed by atoms with Crippen molar-refractivity contribution in [3.8, 4) is 23.0 Å². The first-order valence-corrected chi connectivity index (χ1v) is 12.5. The van der Waals surface area contributed by atoms with Gasteiger partial charge in [0.15, 0.2) is 11.8 Å². The molecule has 3 aromatic rings. The minimum absolute atomic E-state index is 0.243. The van der Waals surface area contributed by atoms with Crippen LogP contribution in [-0.2, 0) is 9.53 Å². The standard InChI is InChI=1S/C28H29N3O8/c1-16(27(34)37-4)38-17-8-9-21-19(14-17)25(32)30-28(39-21)10-12-31(13-11-28)26(33)20-15-23(36-3)18-6-5-7-22(35-2)24(18)29-20/h5-9,14-16H,10-13H2,1-4H3,(H,30,32). The minimum Gasteiger partial charge on any atom is -0.496 e. The lowest BCUT2D eigenvalue weighted by atomic mass is 9.96. The third-order valence-corrected chi connectivity index (χ3v) is 6.97. The number of nitrogens with one attached hydrogen (secondary N) is 1. The van der Waals surface area contributed by atoms with Crippen LogP contribution >= 0.6 is 0 Å². The van der Waals surface area contributed by atoms with Crippen molar-refractivity contribution >= 4 is 28.7 Å². The molecule has 2 aliphatic heterocycles. The van der Waals surface area contributed by atoms with Gasteiger partial charge in [0.25, 0.3) is 11.8 Å². The Morgan fingerprint density at radius 3 is 2.49 bits per heavy atom. The second-order valence-corrected chi connectivity index (χ2v) is 9.35. The van der Waals surface area contributed by atoms with Crippen LogP contribution < -0.4 is 24.3 Å². The molecule has 0 saturated carbocycles. The number of fused-ring (bicyclic) bond motifs is 2. The molecule has 1 aromatic heterocycles. The fourth-order valence-corrected chi connectivity index (χ4v) is 4.87. The van der Waals surface area contributed by atoms with Crippen LogP contribution in [0.25, 0.3) is 10.9 Å². The fraction of sp³-hybridized carbons (Fsp3) is 0.357. The summed E-state index contributed by atoms with van der Waals surface area (Å²) in [7, 11) is 4.37. The number of esters is 1. The third-order valence-electron chi connectivity index (χ3n) is 6.97. The predicted molar refractivity (Wildman–Crippen MR) is 139 cm³/mol. The molecule has 204 valence electrons. The van der Waals surface area contributed by atoms with Gasteiger partial charge in [-0.3, -0.25) is 9.59 Å². The van der Waals surface area contributed by atoms with Gasteiger partial charge in [-0.15, -0.1) is 0 Å². The van der Waals surface area contributed by atoms with Crippen molar-refractivity contribution in [3.63, 3.8) is 0 Å². The third kappa shape index (κ3) is 4.87. The van der Waals surface area contributed by atoms with Crippen molar-refractivity contribution in [3.05, 3.63) is 53.7 Å². The molecule has 11 heteroatoms. The van der Waals surface area contributed by atoms with Crippen LogP contribution in [0.1, 0.15) is 40.6 Å². The minimum atomic E-state index is -0.944. The summed E-state index contributed by atoms with van der Waals surface area (Å²) < 4.78 is 27.5. The molecule has 1 N–H and O–H groups in total. The molecule has 39 heavy (non-hydrogen) atoms. The van der Waals surface area contributed by atoms with Crippen LogP contribution in [0.15, 0.2) is 42.5 Å². The molecule has 1 saturated heterocycles. The molecule has 5 rings (SSSR count). The molecular formula is C28H29N3O8. The summed E-state index contributed by atoms with van der Waals surface area (Å²) in [5.74, 6) is 0.731. The number of carbonyl (C=O) groups excluding carboxylic acids is 3. The van der Waals surface area contributed by atoms with Crippen LogP contribution in [0.4, 0.5) is 0 Å². The Morgan fingerprint density at radius 2 is 1.79 bits per heavy atom. The van der Waals surface area contributed by atoms with Gasteiger partial charge < -0.3 is 33.9 Å². The first kappa shape index (κ1) is 26.1. The number of amides is 2. The van der Waals surface area contributed by atoms with E-state index in [4.69, 9.17) is 18.9 Å². The highest BCUT2D eigenvalue weighted by Crippen LogP contribution is 2.36. The van der Waals surface area contributed by atoms with E-state index in [-0.39, 0.29) is 17.5 Å². The number of para-hydroxylation sites is 1. The topological polar surface area (TPSA) is 126 Å². The Labute approximate surface area is 224 Å². The van der Waals surface area contributed by atoms with Crippen molar-refractivity contribution in [2.75, 3.05) is 34.4 Å². The second-order valence-electron chi connectivity index (χ2n) is 9.35. The summed E-state index contributed by atoms with van der Waals surface area (Å²) in [6, 6.07) is 11.9. The van der Waals surface area contributed by atoms with E-state index in [1.807, 2.05) is 12.1 Å². The van der Waals surface area contributed by atoms with Crippen molar-refractivity contribution in [1.82, 2.24) is 15.2 Å². The van der Waals surface area contributed by atoms with Crippen LogP contribution in [0, 0.1) is 0 Å². The Bertz CT molecular complexity index is 1450. The van der Waals surface area contributed by atoms with E-state index in [2.05, 4.69) is 15.0 Å². The van der Waals surface area contributed by atoms with E-state index >= 15 is 0 Å². The molecule has 0 radical (unpaired) electrons. The maximum Gasteiger partial charge on any atom is 0.346 e. The van der Waals surface area contributed by atoms with Gasteiger partial charge in [0.2, 0.25) is 0 Å². The van der Waals surface area contributed by atoms with Crippen LogP contribution in [0.5, 0.6) is 23.0 Å². The fourth-order valence-electron chi connectivity index (χ4n) is 4.87. The average Bonchev–Trinajstić information content (AvgIpc) is 2.96. The molecule has 1 atom stereocenters. The molecule has 1 unspecified atom stereocenters. The number of aromatic nitrogens is 1. The van der Waals surface area contributed by atoms with Gasteiger partial charge in [0.05, 0.1) is 26.9 Å². The lowest BCUT2D eigenvalue weighted by molar-refractivity contribution is -0.147. The summed E-state index contributed by atoms with van der Waals surface area (Å²) in [6.45, 7) is 2.26. The number of piperidine rings is 1. The monoisotopic (exact) mass is 535 g/mol. The molecule has 1 spiro atoms. The Hall–Kier alpha value is -4.54. The predicted octanol–water partition coefficient (Wildman–Crippen LogP) is 2.95. The lowest BCUT2D eigenvalue weighted by Gasteiger charge is -2.44. The van der Waals surface area contributed by atoms with Crippen LogP contribution in [0.3, 0.4) is 0 Å². The van der Waals surface area contributed by atoms with Crippen molar-refractivity contribution in [1.29, 1.82) is 0 Å². The zero-order chi connectivity index (χ0) is 27.7.